The lowest BCUT2D eigenvalue weighted by Crippen LogP contribution is -2.38. The Hall–Kier alpha value is -2.14. The molecule has 2 atom stereocenters. The van der Waals surface area contributed by atoms with Crippen molar-refractivity contribution in [2.45, 2.75) is 46.3 Å². The summed E-state index contributed by atoms with van der Waals surface area (Å²) in [5, 5.41) is 1.60. The van der Waals surface area contributed by atoms with Crippen LogP contribution in [0.3, 0.4) is 0 Å². The first-order valence-electron chi connectivity index (χ1n) is 12.7. The van der Waals surface area contributed by atoms with E-state index in [4.69, 9.17) is 0 Å². The highest BCUT2D eigenvalue weighted by Gasteiger charge is 2.46. The summed E-state index contributed by atoms with van der Waals surface area (Å²) in [6.07, 6.45) is 7.37. The maximum absolute atomic E-state index is 4.12. The van der Waals surface area contributed by atoms with Crippen molar-refractivity contribution in [2.24, 2.45) is 5.92 Å². The zero-order chi connectivity index (χ0) is 25.5. The highest BCUT2D eigenvalue weighted by molar-refractivity contribution is 9.11. The van der Waals surface area contributed by atoms with Crippen LogP contribution >= 0.6 is 31.9 Å². The molecule has 0 N–H and O–H groups in total. The predicted octanol–water partition coefficient (Wildman–Crippen LogP) is 9.97. The average molecular weight is 618 g/mol. The fourth-order valence-corrected chi connectivity index (χ4v) is 13.1. The van der Waals surface area contributed by atoms with Crippen molar-refractivity contribution in [3.63, 3.8) is 0 Å². The third-order valence-electron chi connectivity index (χ3n) is 8.62. The summed E-state index contributed by atoms with van der Waals surface area (Å²) in [7, 11) is -1.96. The van der Waals surface area contributed by atoms with Crippen LogP contribution in [0.1, 0.15) is 44.4 Å². The minimum absolute atomic E-state index is 0.280. The third kappa shape index (κ3) is 3.30. The quantitative estimate of drug-likeness (QED) is 0.310. The van der Waals surface area contributed by atoms with Gasteiger partial charge in [-0.3, -0.25) is 0 Å². The molecule has 1 aliphatic heterocycles. The lowest BCUT2D eigenvalue weighted by molar-refractivity contribution is 0.885. The van der Waals surface area contributed by atoms with E-state index in [2.05, 4.69) is 144 Å². The van der Waals surface area contributed by atoms with Crippen LogP contribution in [0.15, 0.2) is 114 Å². The molecule has 6 rings (SSSR count). The molecule has 4 aliphatic rings. The van der Waals surface area contributed by atoms with Crippen molar-refractivity contribution in [3.8, 4) is 0 Å². The average Bonchev–Trinajstić information content (AvgIpc) is 3.45. The first-order chi connectivity index (χ1) is 17.1. The number of hydrogen-bond donors (Lipinski definition) is 0. The molecule has 3 aliphatic carbocycles. The van der Waals surface area contributed by atoms with Crippen molar-refractivity contribution < 1.29 is 0 Å². The minimum Gasteiger partial charge on any atom is -0.317 e. The summed E-state index contributed by atoms with van der Waals surface area (Å²) in [4.78, 5) is 2.47. The molecule has 0 saturated heterocycles. The molecule has 2 unspecified atom stereocenters. The molecule has 0 saturated carbocycles. The Morgan fingerprint density at radius 1 is 0.806 bits per heavy atom. The summed E-state index contributed by atoms with van der Waals surface area (Å²) >= 11 is 7.93. The van der Waals surface area contributed by atoms with Gasteiger partial charge < -0.3 is 4.90 Å². The topological polar surface area (TPSA) is 3.24 Å². The zero-order valence-corrected chi connectivity index (χ0v) is 25.9. The molecule has 182 valence electrons. The molecule has 2 aromatic rings. The van der Waals surface area contributed by atoms with Crippen molar-refractivity contribution in [2.75, 3.05) is 4.90 Å². The maximum atomic E-state index is 4.12. The Morgan fingerprint density at radius 3 is 2.25 bits per heavy atom. The van der Waals surface area contributed by atoms with Crippen molar-refractivity contribution in [1.29, 1.82) is 0 Å². The molecule has 0 aromatic heterocycles. The number of hydrogen-bond acceptors (Lipinski definition) is 1. The Balaban J connectivity index is 1.55. The van der Waals surface area contributed by atoms with Gasteiger partial charge in [0.2, 0.25) is 0 Å². The van der Waals surface area contributed by atoms with Crippen molar-refractivity contribution in [1.82, 2.24) is 0 Å². The number of halogens is 2. The number of para-hydroxylation sites is 1. The van der Waals surface area contributed by atoms with Crippen molar-refractivity contribution >= 4 is 51.7 Å². The molecule has 36 heavy (non-hydrogen) atoms. The first kappa shape index (κ1) is 24.2. The number of allylic oxidation sites excluding steroid dienone is 9. The van der Waals surface area contributed by atoms with Crippen LogP contribution < -0.4 is 4.90 Å². The minimum atomic E-state index is -1.96. The third-order valence-corrected chi connectivity index (χ3v) is 14.4. The molecule has 1 heterocycles. The molecule has 2 aromatic carbocycles. The number of rotatable bonds is 3. The van der Waals surface area contributed by atoms with E-state index in [1.807, 2.05) is 0 Å². The summed E-state index contributed by atoms with van der Waals surface area (Å²) in [6.45, 7) is 14.4. The number of anilines is 1. The smallest absolute Gasteiger partial charge is 0.0934 e. The highest BCUT2D eigenvalue weighted by atomic mass is 79.9. The monoisotopic (exact) mass is 615 g/mol. The van der Waals surface area contributed by atoms with E-state index in [-0.39, 0.29) is 5.92 Å². The normalized spacial score (nSPS) is 23.1. The number of nitrogens with zero attached hydrogens (tertiary/aromatic N) is 1. The van der Waals surface area contributed by atoms with E-state index in [0.717, 1.165) is 0 Å². The second-order valence-electron chi connectivity index (χ2n) is 11.1. The molecule has 0 amide bonds. The van der Waals surface area contributed by atoms with Gasteiger partial charge in [-0.2, -0.15) is 0 Å². The van der Waals surface area contributed by atoms with Gasteiger partial charge in [-0.25, -0.2) is 0 Å². The van der Waals surface area contributed by atoms with Crippen LogP contribution in [0.4, 0.5) is 5.69 Å². The Kier molecular flexibility index (Phi) is 5.68. The maximum Gasteiger partial charge on any atom is 0.0934 e. The second-order valence-corrected chi connectivity index (χ2v) is 17.3. The van der Waals surface area contributed by atoms with Gasteiger partial charge in [-0.05, 0) is 85.0 Å². The second kappa shape index (κ2) is 8.44. The Bertz CT molecular complexity index is 1510. The van der Waals surface area contributed by atoms with Gasteiger partial charge in [0.1, 0.15) is 0 Å². The van der Waals surface area contributed by atoms with Gasteiger partial charge in [-0.15, -0.1) is 0 Å². The summed E-state index contributed by atoms with van der Waals surface area (Å²) in [6, 6.07) is 17.5. The molecule has 0 fully saturated rings. The lowest BCUT2D eigenvalue weighted by atomic mass is 9.88. The van der Waals surface area contributed by atoms with E-state index in [1.54, 1.807) is 5.20 Å². The van der Waals surface area contributed by atoms with Gasteiger partial charge in [0, 0.05) is 31.6 Å². The first-order valence-corrected chi connectivity index (χ1v) is 17.3. The van der Waals surface area contributed by atoms with E-state index < -0.39 is 8.07 Å². The number of fused-ring (bicyclic) bond motifs is 3. The fourth-order valence-electron chi connectivity index (χ4n) is 7.15. The molecule has 0 spiro atoms. The van der Waals surface area contributed by atoms with Gasteiger partial charge in [0.25, 0.3) is 0 Å². The van der Waals surface area contributed by atoms with Gasteiger partial charge >= 0.3 is 0 Å². The standard InChI is InChI=1S/C32H31Br2NSi/c1-18-15-24-23(13-10-14-27(24)33)31(18)36(5,6)32-19(2)16-25-26(32)17-28-29(30(25)34)20(3)21(4)35(28)22-11-8-7-9-12-22/h7-17,29,31H,1-6H3. The van der Waals surface area contributed by atoms with Crippen LogP contribution in [0, 0.1) is 5.92 Å². The molecule has 4 heteroatoms. The molecule has 0 bridgehead atoms. The molecular weight excluding hydrogens is 586 g/mol. The zero-order valence-electron chi connectivity index (χ0n) is 21.7. The van der Waals surface area contributed by atoms with Crippen LogP contribution in [0.2, 0.25) is 13.1 Å². The van der Waals surface area contributed by atoms with E-state index in [0.29, 0.717) is 5.54 Å². The molecule has 1 nitrogen and oxygen atoms in total. The predicted molar refractivity (Wildman–Crippen MR) is 164 cm³/mol. The molecule has 0 radical (unpaired) electrons. The lowest BCUT2D eigenvalue weighted by Gasteiger charge is -2.36. The van der Waals surface area contributed by atoms with Crippen molar-refractivity contribution in [3.05, 3.63) is 125 Å². The van der Waals surface area contributed by atoms with Crippen LogP contribution in [0.5, 0.6) is 0 Å². The Morgan fingerprint density at radius 2 is 1.53 bits per heavy atom. The SMILES string of the molecule is CC1=CC2=C(Br)C3C(=CC2=C1[Si](C)(C)C1C(C)=Cc2c(Br)cccc21)N(c1ccccc1)C(C)=C3C. The summed E-state index contributed by atoms with van der Waals surface area (Å²) in [5.74, 6) is 0.280. The van der Waals surface area contributed by atoms with Crippen LogP contribution in [-0.2, 0) is 0 Å². The Labute approximate surface area is 233 Å². The van der Waals surface area contributed by atoms with Crippen LogP contribution in [-0.4, -0.2) is 8.07 Å². The van der Waals surface area contributed by atoms with Gasteiger partial charge in [-0.1, -0.05) is 98.6 Å². The van der Waals surface area contributed by atoms with E-state index >= 15 is 0 Å². The summed E-state index contributed by atoms with van der Waals surface area (Å²) < 4.78 is 2.52. The molecular formula is C32H31Br2NSi. The van der Waals surface area contributed by atoms with Crippen LogP contribution in [0.25, 0.3) is 6.08 Å². The highest BCUT2D eigenvalue weighted by Crippen LogP contribution is 2.56. The van der Waals surface area contributed by atoms with Gasteiger partial charge in [0.15, 0.2) is 0 Å². The largest absolute Gasteiger partial charge is 0.317 e. The fraction of sp³-hybridized carbons (Fsp3) is 0.250. The summed E-state index contributed by atoms with van der Waals surface area (Å²) in [5.41, 5.74) is 14.4. The number of benzene rings is 2. The van der Waals surface area contributed by atoms with E-state index in [9.17, 15) is 0 Å². The van der Waals surface area contributed by atoms with Gasteiger partial charge in [0.05, 0.1) is 14.0 Å². The van der Waals surface area contributed by atoms with E-state index in [1.165, 1.54) is 65.0 Å².